The molecule has 8 heteroatoms. The Balaban J connectivity index is 1.85. The maximum atomic E-state index is 12.5. The lowest BCUT2D eigenvalue weighted by Gasteiger charge is -2.20. The van der Waals surface area contributed by atoms with E-state index in [1.54, 1.807) is 29.5 Å². The summed E-state index contributed by atoms with van der Waals surface area (Å²) in [5.74, 6) is -0.458. The number of hydrogen-bond acceptors (Lipinski definition) is 7. The highest BCUT2D eigenvalue weighted by Crippen LogP contribution is 2.44. The standard InChI is InChI=1S/C23H20N2O5S/c1-3-7-24-22(27)18-5-4-15(20(25-18)23(28)29-2)16-10-19-17(9-14(16)11-26)21-13(12-30-19)6-8-31-21/h4-6,8-11H,3,7,12H2,1-2H3,(H,24,27). The van der Waals surface area contributed by atoms with Crippen LogP contribution in [0.4, 0.5) is 0 Å². The number of thiophene rings is 1. The van der Waals surface area contributed by atoms with Gasteiger partial charge in [0.15, 0.2) is 12.0 Å². The predicted molar refractivity (Wildman–Crippen MR) is 117 cm³/mol. The highest BCUT2D eigenvalue weighted by Gasteiger charge is 2.25. The molecule has 158 valence electrons. The van der Waals surface area contributed by atoms with Crippen molar-refractivity contribution in [1.29, 1.82) is 0 Å². The quantitative estimate of drug-likeness (QED) is 0.462. The SMILES string of the molecule is CCCNC(=O)c1ccc(-c2cc3c(cc2C=O)-c2sccc2CO3)c(C(=O)OC)n1. The Morgan fingerprint density at radius 2 is 2.06 bits per heavy atom. The Hall–Kier alpha value is -3.52. The van der Waals surface area contributed by atoms with Crippen molar-refractivity contribution in [3.8, 4) is 27.3 Å². The second-order valence-electron chi connectivity index (χ2n) is 6.96. The number of fused-ring (bicyclic) bond motifs is 3. The number of aldehydes is 1. The molecule has 0 saturated heterocycles. The number of benzene rings is 1. The lowest BCUT2D eigenvalue weighted by atomic mass is 9.94. The third-order valence-electron chi connectivity index (χ3n) is 4.99. The average molecular weight is 436 g/mol. The third-order valence-corrected chi connectivity index (χ3v) is 5.98. The van der Waals surface area contributed by atoms with Crippen molar-refractivity contribution in [3.05, 3.63) is 58.2 Å². The lowest BCUT2D eigenvalue weighted by molar-refractivity contribution is 0.0594. The molecule has 3 heterocycles. The molecule has 31 heavy (non-hydrogen) atoms. The minimum absolute atomic E-state index is 0.0395. The van der Waals surface area contributed by atoms with Crippen LogP contribution in [0.15, 0.2) is 35.7 Å². The summed E-state index contributed by atoms with van der Waals surface area (Å²) in [6.45, 7) is 2.87. The van der Waals surface area contributed by atoms with E-state index in [-0.39, 0.29) is 17.3 Å². The fraction of sp³-hybridized carbons (Fsp3) is 0.217. The predicted octanol–water partition coefficient (Wildman–Crippen LogP) is 4.11. The Labute approximate surface area is 183 Å². The van der Waals surface area contributed by atoms with Crippen molar-refractivity contribution >= 4 is 29.5 Å². The number of carbonyl (C=O) groups excluding carboxylic acids is 3. The van der Waals surface area contributed by atoms with E-state index in [1.807, 2.05) is 18.4 Å². The van der Waals surface area contributed by atoms with Gasteiger partial charge in [-0.05, 0) is 47.7 Å². The number of hydrogen-bond donors (Lipinski definition) is 1. The molecular formula is C23H20N2O5S. The zero-order valence-corrected chi connectivity index (χ0v) is 17.9. The first-order valence-corrected chi connectivity index (χ1v) is 10.7. The fourth-order valence-electron chi connectivity index (χ4n) is 3.45. The maximum Gasteiger partial charge on any atom is 0.357 e. The first kappa shape index (κ1) is 20.7. The van der Waals surface area contributed by atoms with E-state index in [0.717, 1.165) is 28.7 Å². The van der Waals surface area contributed by atoms with Crippen LogP contribution < -0.4 is 10.1 Å². The Morgan fingerprint density at radius 1 is 1.23 bits per heavy atom. The van der Waals surface area contributed by atoms with Gasteiger partial charge in [0.2, 0.25) is 0 Å². The molecule has 0 unspecified atom stereocenters. The van der Waals surface area contributed by atoms with Crippen molar-refractivity contribution in [2.75, 3.05) is 13.7 Å². The number of ether oxygens (including phenoxy) is 2. The first-order valence-electron chi connectivity index (χ1n) is 9.78. The molecule has 3 aromatic rings. The molecule has 0 fully saturated rings. The van der Waals surface area contributed by atoms with E-state index in [9.17, 15) is 14.4 Å². The summed E-state index contributed by atoms with van der Waals surface area (Å²) in [6, 6.07) is 8.63. The summed E-state index contributed by atoms with van der Waals surface area (Å²) in [5, 5.41) is 4.72. The molecular weight excluding hydrogens is 416 g/mol. The van der Waals surface area contributed by atoms with E-state index in [1.165, 1.54) is 13.2 Å². The first-order chi connectivity index (χ1) is 15.1. The molecule has 7 nitrogen and oxygen atoms in total. The van der Waals surface area contributed by atoms with Crippen molar-refractivity contribution in [3.63, 3.8) is 0 Å². The summed E-state index contributed by atoms with van der Waals surface area (Å²) < 4.78 is 10.8. The molecule has 2 aromatic heterocycles. The minimum atomic E-state index is -0.698. The van der Waals surface area contributed by atoms with Crippen LogP contribution in [0.1, 0.15) is 50.2 Å². The summed E-state index contributed by atoms with van der Waals surface area (Å²) in [6.07, 6.45) is 1.51. The average Bonchev–Trinajstić information content (AvgIpc) is 3.30. The largest absolute Gasteiger partial charge is 0.488 e. The number of rotatable bonds is 6. The topological polar surface area (TPSA) is 94.6 Å². The minimum Gasteiger partial charge on any atom is -0.488 e. The van der Waals surface area contributed by atoms with Crippen LogP contribution in [0.25, 0.3) is 21.6 Å². The number of carbonyl (C=O) groups is 3. The molecule has 0 aliphatic carbocycles. The van der Waals surface area contributed by atoms with E-state index < -0.39 is 5.97 Å². The van der Waals surface area contributed by atoms with E-state index >= 15 is 0 Å². The number of pyridine rings is 1. The third kappa shape index (κ3) is 3.82. The molecule has 4 rings (SSSR count). The van der Waals surface area contributed by atoms with Gasteiger partial charge in [-0.1, -0.05) is 6.92 Å². The van der Waals surface area contributed by atoms with Gasteiger partial charge in [-0.3, -0.25) is 9.59 Å². The molecule has 0 radical (unpaired) electrons. The second-order valence-corrected chi connectivity index (χ2v) is 7.87. The summed E-state index contributed by atoms with van der Waals surface area (Å²) in [5.41, 5.74) is 3.24. The fourth-order valence-corrected chi connectivity index (χ4v) is 4.38. The van der Waals surface area contributed by atoms with Crippen LogP contribution in [0, 0.1) is 0 Å². The molecule has 0 spiro atoms. The molecule has 1 aromatic carbocycles. The summed E-state index contributed by atoms with van der Waals surface area (Å²) in [4.78, 5) is 42.0. The zero-order valence-electron chi connectivity index (χ0n) is 17.1. The smallest absolute Gasteiger partial charge is 0.357 e. The number of amides is 1. The summed E-state index contributed by atoms with van der Waals surface area (Å²) in [7, 11) is 1.24. The molecule has 0 saturated carbocycles. The number of esters is 1. The highest BCUT2D eigenvalue weighted by molar-refractivity contribution is 7.13. The van der Waals surface area contributed by atoms with Gasteiger partial charge in [-0.25, -0.2) is 9.78 Å². The number of aromatic nitrogens is 1. The molecule has 1 amide bonds. The van der Waals surface area contributed by atoms with Crippen molar-refractivity contribution in [2.45, 2.75) is 20.0 Å². The Morgan fingerprint density at radius 3 is 2.81 bits per heavy atom. The molecule has 0 atom stereocenters. The van der Waals surface area contributed by atoms with Gasteiger partial charge < -0.3 is 14.8 Å². The van der Waals surface area contributed by atoms with Crippen LogP contribution in [-0.2, 0) is 11.3 Å². The van der Waals surface area contributed by atoms with Gasteiger partial charge in [0.05, 0.1) is 7.11 Å². The number of nitrogens with zero attached hydrogens (tertiary/aromatic N) is 1. The Kier molecular flexibility index (Phi) is 5.81. The van der Waals surface area contributed by atoms with Crippen LogP contribution >= 0.6 is 11.3 Å². The zero-order chi connectivity index (χ0) is 22.0. The highest BCUT2D eigenvalue weighted by atomic mass is 32.1. The van der Waals surface area contributed by atoms with E-state index in [4.69, 9.17) is 9.47 Å². The van der Waals surface area contributed by atoms with Crippen molar-refractivity contribution in [2.24, 2.45) is 0 Å². The van der Waals surface area contributed by atoms with Crippen LogP contribution in [0.2, 0.25) is 0 Å². The van der Waals surface area contributed by atoms with Crippen molar-refractivity contribution < 1.29 is 23.9 Å². The number of nitrogens with one attached hydrogen (secondary N) is 1. The van der Waals surface area contributed by atoms with E-state index in [2.05, 4.69) is 10.3 Å². The number of methoxy groups -OCH3 is 1. The van der Waals surface area contributed by atoms with Crippen LogP contribution in [0.5, 0.6) is 5.75 Å². The monoisotopic (exact) mass is 436 g/mol. The van der Waals surface area contributed by atoms with Gasteiger partial charge in [-0.15, -0.1) is 11.3 Å². The van der Waals surface area contributed by atoms with Gasteiger partial charge >= 0.3 is 5.97 Å². The van der Waals surface area contributed by atoms with Crippen LogP contribution in [-0.4, -0.2) is 36.8 Å². The van der Waals surface area contributed by atoms with Gasteiger partial charge in [-0.2, -0.15) is 0 Å². The van der Waals surface area contributed by atoms with E-state index in [0.29, 0.717) is 35.6 Å². The van der Waals surface area contributed by atoms with Gasteiger partial charge in [0.25, 0.3) is 5.91 Å². The lowest BCUT2D eigenvalue weighted by Crippen LogP contribution is -2.25. The van der Waals surface area contributed by atoms with Crippen molar-refractivity contribution in [1.82, 2.24) is 10.3 Å². The van der Waals surface area contributed by atoms with Gasteiger partial charge in [0, 0.05) is 33.7 Å². The molecule has 0 bridgehead atoms. The van der Waals surface area contributed by atoms with Gasteiger partial charge in [0.1, 0.15) is 18.1 Å². The molecule has 1 aliphatic heterocycles. The maximum absolute atomic E-state index is 12.5. The second kappa shape index (κ2) is 8.69. The van der Waals surface area contributed by atoms with Crippen LogP contribution in [0.3, 0.4) is 0 Å². The molecule has 1 N–H and O–H groups in total. The Bertz CT molecular complexity index is 1180. The summed E-state index contributed by atoms with van der Waals surface area (Å²) >= 11 is 1.59. The normalized spacial score (nSPS) is 11.7. The molecule has 1 aliphatic rings.